The van der Waals surface area contributed by atoms with Crippen molar-refractivity contribution in [2.45, 2.75) is 20.0 Å². The lowest BCUT2D eigenvalue weighted by molar-refractivity contribution is -0.122. The fraction of sp³-hybridized carbons (Fsp3) is 0.273. The Morgan fingerprint density at radius 3 is 2.53 bits per heavy atom. The van der Waals surface area contributed by atoms with E-state index in [1.165, 1.54) is 10.5 Å². The molecular formula is C22H21I2NO4S. The zero-order valence-corrected chi connectivity index (χ0v) is 21.7. The Kier molecular flexibility index (Phi) is 8.61. The van der Waals surface area contributed by atoms with Gasteiger partial charge >= 0.3 is 0 Å². The molecule has 0 unspecified atom stereocenters. The molecule has 0 bridgehead atoms. The normalized spacial score (nSPS) is 15.3. The number of halogens is 2. The van der Waals surface area contributed by atoms with Gasteiger partial charge in [-0.05, 0) is 99.6 Å². The van der Waals surface area contributed by atoms with Crippen LogP contribution in [-0.2, 0) is 16.1 Å². The zero-order valence-electron chi connectivity index (χ0n) is 16.6. The van der Waals surface area contributed by atoms with Crippen molar-refractivity contribution >= 4 is 74.2 Å². The van der Waals surface area contributed by atoms with Crippen LogP contribution in [0, 0.1) is 14.1 Å². The fourth-order valence-corrected chi connectivity index (χ4v) is 5.96. The number of hydrogen-bond acceptors (Lipinski definition) is 5. The van der Waals surface area contributed by atoms with Crippen LogP contribution in [0.25, 0.3) is 6.08 Å². The smallest absolute Gasteiger partial charge is 0.293 e. The number of aryl methyl sites for hydroxylation is 1. The van der Waals surface area contributed by atoms with Gasteiger partial charge in [-0.1, -0.05) is 29.8 Å². The molecule has 2 aromatic rings. The van der Waals surface area contributed by atoms with Crippen LogP contribution in [0.2, 0.25) is 0 Å². The van der Waals surface area contributed by atoms with E-state index in [1.807, 2.05) is 24.3 Å². The van der Waals surface area contributed by atoms with Crippen LogP contribution in [0.1, 0.15) is 23.1 Å². The standard InChI is InChI=1S/C22H21I2NO4S/c1-14-5-3-6-15(9-14)13-29-20-17(23)10-16(11-18(20)24)12-19-21(26)25(22(27)30-19)7-4-8-28-2/h3,5-6,9-12H,4,7-8,13H2,1-2H3/b19-12+. The van der Waals surface area contributed by atoms with Crippen molar-refractivity contribution in [3.8, 4) is 5.75 Å². The van der Waals surface area contributed by atoms with Gasteiger partial charge in [-0.3, -0.25) is 14.5 Å². The van der Waals surface area contributed by atoms with Crippen LogP contribution in [0.15, 0.2) is 41.3 Å². The minimum Gasteiger partial charge on any atom is -0.487 e. The predicted octanol–water partition coefficient (Wildman–Crippen LogP) is 5.86. The summed E-state index contributed by atoms with van der Waals surface area (Å²) in [5.41, 5.74) is 3.19. The minimum atomic E-state index is -0.245. The molecule has 1 aliphatic rings. The molecule has 0 spiro atoms. The van der Waals surface area contributed by atoms with Crippen molar-refractivity contribution in [3.05, 3.63) is 65.1 Å². The molecule has 0 aliphatic carbocycles. The first kappa shape index (κ1) is 23.6. The molecular weight excluding hydrogens is 628 g/mol. The molecule has 1 aliphatic heterocycles. The Morgan fingerprint density at radius 1 is 1.13 bits per heavy atom. The predicted molar refractivity (Wildman–Crippen MR) is 137 cm³/mol. The quantitative estimate of drug-likeness (QED) is 0.204. The van der Waals surface area contributed by atoms with Crippen LogP contribution < -0.4 is 4.74 Å². The molecule has 2 amide bonds. The Bertz CT molecular complexity index is 970. The maximum Gasteiger partial charge on any atom is 0.293 e. The third-order valence-corrected chi connectivity index (χ3v) is 6.90. The molecule has 1 fully saturated rings. The van der Waals surface area contributed by atoms with Crippen molar-refractivity contribution in [2.24, 2.45) is 0 Å². The number of benzene rings is 2. The second-order valence-electron chi connectivity index (χ2n) is 6.77. The average molecular weight is 649 g/mol. The molecule has 1 heterocycles. The van der Waals surface area contributed by atoms with Gasteiger partial charge in [0.2, 0.25) is 0 Å². The number of carbonyl (C=O) groups excluding carboxylic acids is 2. The summed E-state index contributed by atoms with van der Waals surface area (Å²) < 4.78 is 13.0. The molecule has 1 saturated heterocycles. The number of methoxy groups -OCH3 is 1. The number of rotatable bonds is 8. The fourth-order valence-electron chi connectivity index (χ4n) is 2.97. The molecule has 0 saturated carbocycles. The average Bonchev–Trinajstić information content (AvgIpc) is 2.95. The number of nitrogens with zero attached hydrogens (tertiary/aromatic N) is 1. The second kappa shape index (κ2) is 11.0. The number of thioether (sulfide) groups is 1. The van der Waals surface area contributed by atoms with Crippen molar-refractivity contribution in [2.75, 3.05) is 20.3 Å². The van der Waals surface area contributed by atoms with Gasteiger partial charge in [0, 0.05) is 20.3 Å². The van der Waals surface area contributed by atoms with E-state index in [0.29, 0.717) is 31.1 Å². The topological polar surface area (TPSA) is 55.8 Å². The summed E-state index contributed by atoms with van der Waals surface area (Å²) in [5.74, 6) is 0.577. The van der Waals surface area contributed by atoms with Crippen molar-refractivity contribution < 1.29 is 19.1 Å². The van der Waals surface area contributed by atoms with Gasteiger partial charge in [-0.25, -0.2) is 0 Å². The van der Waals surface area contributed by atoms with Crippen LogP contribution in [0.4, 0.5) is 4.79 Å². The van der Waals surface area contributed by atoms with E-state index in [0.717, 1.165) is 35.8 Å². The Hall–Kier alpha value is -1.11. The minimum absolute atomic E-state index is 0.232. The molecule has 2 aromatic carbocycles. The lowest BCUT2D eigenvalue weighted by atomic mass is 10.1. The first-order valence-corrected chi connectivity index (χ1v) is 12.3. The summed E-state index contributed by atoms with van der Waals surface area (Å²) in [5, 5.41) is -0.232. The Balaban J connectivity index is 1.73. The lowest BCUT2D eigenvalue weighted by Gasteiger charge is -2.12. The number of ether oxygens (including phenoxy) is 2. The maximum atomic E-state index is 12.6. The van der Waals surface area contributed by atoms with Crippen LogP contribution in [0.3, 0.4) is 0 Å². The summed E-state index contributed by atoms with van der Waals surface area (Å²) in [4.78, 5) is 26.5. The van der Waals surface area contributed by atoms with Crippen molar-refractivity contribution in [1.29, 1.82) is 0 Å². The third-order valence-electron chi connectivity index (χ3n) is 4.39. The van der Waals surface area contributed by atoms with E-state index in [2.05, 4.69) is 64.2 Å². The van der Waals surface area contributed by atoms with E-state index in [1.54, 1.807) is 13.2 Å². The van der Waals surface area contributed by atoms with E-state index < -0.39 is 0 Å². The molecule has 0 aromatic heterocycles. The highest BCUT2D eigenvalue weighted by Gasteiger charge is 2.34. The van der Waals surface area contributed by atoms with Crippen LogP contribution in [0.5, 0.6) is 5.75 Å². The van der Waals surface area contributed by atoms with Gasteiger partial charge in [0.15, 0.2) is 0 Å². The highest BCUT2D eigenvalue weighted by atomic mass is 127. The lowest BCUT2D eigenvalue weighted by Crippen LogP contribution is -2.29. The van der Waals surface area contributed by atoms with Gasteiger partial charge in [-0.2, -0.15) is 0 Å². The summed E-state index contributed by atoms with van der Waals surface area (Å²) >= 11 is 5.46. The van der Waals surface area contributed by atoms with Gasteiger partial charge in [-0.15, -0.1) is 0 Å². The van der Waals surface area contributed by atoms with Crippen molar-refractivity contribution in [1.82, 2.24) is 4.90 Å². The molecule has 0 N–H and O–H groups in total. The number of carbonyl (C=O) groups is 2. The first-order valence-electron chi connectivity index (χ1n) is 9.30. The summed E-state index contributed by atoms with van der Waals surface area (Å²) in [7, 11) is 1.60. The highest BCUT2D eigenvalue weighted by molar-refractivity contribution is 14.1. The monoisotopic (exact) mass is 649 g/mol. The maximum absolute atomic E-state index is 12.6. The van der Waals surface area contributed by atoms with Gasteiger partial charge < -0.3 is 9.47 Å². The van der Waals surface area contributed by atoms with Gasteiger partial charge in [0.05, 0.1) is 12.0 Å². The number of amides is 2. The molecule has 5 nitrogen and oxygen atoms in total. The zero-order chi connectivity index (χ0) is 21.7. The largest absolute Gasteiger partial charge is 0.487 e. The number of imide groups is 1. The van der Waals surface area contributed by atoms with Gasteiger partial charge in [0.1, 0.15) is 12.4 Å². The third kappa shape index (κ3) is 5.98. The highest BCUT2D eigenvalue weighted by Crippen LogP contribution is 2.35. The van der Waals surface area contributed by atoms with E-state index in [-0.39, 0.29) is 11.1 Å². The van der Waals surface area contributed by atoms with Gasteiger partial charge in [0.25, 0.3) is 11.1 Å². The van der Waals surface area contributed by atoms with E-state index >= 15 is 0 Å². The van der Waals surface area contributed by atoms with Crippen LogP contribution in [-0.4, -0.2) is 36.3 Å². The summed E-state index contributed by atoms with van der Waals surface area (Å²) in [6.45, 7) is 3.44. The molecule has 8 heteroatoms. The molecule has 0 atom stereocenters. The molecule has 30 heavy (non-hydrogen) atoms. The first-order chi connectivity index (χ1) is 14.4. The molecule has 158 valence electrons. The van der Waals surface area contributed by atoms with Crippen LogP contribution >= 0.6 is 56.9 Å². The van der Waals surface area contributed by atoms with Crippen molar-refractivity contribution in [3.63, 3.8) is 0 Å². The molecule has 0 radical (unpaired) electrons. The summed E-state index contributed by atoms with van der Waals surface area (Å²) in [6.07, 6.45) is 2.40. The van der Waals surface area contributed by atoms with E-state index in [9.17, 15) is 9.59 Å². The SMILES string of the molecule is COCCCN1C(=O)S/C(=C/c2cc(I)c(OCc3cccc(C)c3)c(I)c2)C1=O. The van der Waals surface area contributed by atoms with E-state index in [4.69, 9.17) is 9.47 Å². The number of hydrogen-bond donors (Lipinski definition) is 0. The Morgan fingerprint density at radius 2 is 1.87 bits per heavy atom. The molecule has 3 rings (SSSR count). The Labute approximate surface area is 207 Å². The summed E-state index contributed by atoms with van der Waals surface area (Å²) in [6, 6.07) is 12.2. The second-order valence-corrected chi connectivity index (χ2v) is 10.1.